The van der Waals surface area contributed by atoms with Gasteiger partial charge in [0.1, 0.15) is 0 Å². The first-order valence-electron chi connectivity index (χ1n) is 7.21. The number of hydrogen-bond donors (Lipinski definition) is 1. The lowest BCUT2D eigenvalue weighted by Crippen LogP contribution is -2.36. The first kappa shape index (κ1) is 13.4. The fourth-order valence-corrected chi connectivity index (χ4v) is 2.98. The maximum atomic E-state index is 3.53. The van der Waals surface area contributed by atoms with E-state index in [-0.39, 0.29) is 0 Å². The SMILES string of the molecule is Cc1cccc(NCCN2CCCC2C(C)C)c1. The third kappa shape index (κ3) is 3.49. The first-order valence-corrected chi connectivity index (χ1v) is 7.21. The molecule has 0 aliphatic carbocycles. The van der Waals surface area contributed by atoms with E-state index in [1.54, 1.807) is 0 Å². The van der Waals surface area contributed by atoms with Crippen molar-refractivity contribution in [3.8, 4) is 0 Å². The minimum Gasteiger partial charge on any atom is -0.384 e. The van der Waals surface area contributed by atoms with Gasteiger partial charge in [-0.1, -0.05) is 26.0 Å². The number of rotatable bonds is 5. The monoisotopic (exact) mass is 246 g/mol. The van der Waals surface area contributed by atoms with Crippen LogP contribution in [-0.4, -0.2) is 30.6 Å². The Morgan fingerprint density at radius 2 is 2.22 bits per heavy atom. The standard InChI is InChI=1S/C16H26N2/c1-13(2)16-8-5-10-18(16)11-9-17-15-7-4-6-14(3)12-15/h4,6-7,12-13,16-17H,5,8-11H2,1-3H3. The highest BCUT2D eigenvalue weighted by molar-refractivity contribution is 5.45. The van der Waals surface area contributed by atoms with Crippen LogP contribution in [0, 0.1) is 12.8 Å². The normalized spacial score (nSPS) is 20.6. The van der Waals surface area contributed by atoms with Crippen molar-refractivity contribution in [3.05, 3.63) is 29.8 Å². The van der Waals surface area contributed by atoms with Crippen LogP contribution in [0.25, 0.3) is 0 Å². The molecule has 2 rings (SSSR count). The van der Waals surface area contributed by atoms with Gasteiger partial charge in [-0.05, 0) is 49.9 Å². The van der Waals surface area contributed by atoms with E-state index in [1.807, 2.05) is 0 Å². The second-order valence-corrected chi connectivity index (χ2v) is 5.79. The van der Waals surface area contributed by atoms with E-state index in [4.69, 9.17) is 0 Å². The summed E-state index contributed by atoms with van der Waals surface area (Å²) in [5.41, 5.74) is 2.57. The average molecular weight is 246 g/mol. The molecule has 1 atom stereocenters. The van der Waals surface area contributed by atoms with Gasteiger partial charge in [-0.3, -0.25) is 4.90 Å². The molecule has 0 bridgehead atoms. The smallest absolute Gasteiger partial charge is 0.0343 e. The van der Waals surface area contributed by atoms with Crippen molar-refractivity contribution < 1.29 is 0 Å². The Morgan fingerprint density at radius 1 is 1.39 bits per heavy atom. The van der Waals surface area contributed by atoms with Crippen molar-refractivity contribution in [1.82, 2.24) is 4.90 Å². The predicted octanol–water partition coefficient (Wildman–Crippen LogP) is 3.53. The molecule has 0 spiro atoms. The van der Waals surface area contributed by atoms with Gasteiger partial charge in [0.2, 0.25) is 0 Å². The fraction of sp³-hybridized carbons (Fsp3) is 0.625. The molecule has 0 saturated carbocycles. The number of anilines is 1. The van der Waals surface area contributed by atoms with Crippen LogP contribution in [0.2, 0.25) is 0 Å². The largest absolute Gasteiger partial charge is 0.384 e. The van der Waals surface area contributed by atoms with E-state index >= 15 is 0 Å². The predicted molar refractivity (Wildman–Crippen MR) is 79.1 cm³/mol. The molecule has 1 unspecified atom stereocenters. The molecule has 1 aromatic carbocycles. The summed E-state index contributed by atoms with van der Waals surface area (Å²) in [7, 11) is 0. The lowest BCUT2D eigenvalue weighted by atomic mass is 10.0. The second kappa shape index (κ2) is 6.24. The summed E-state index contributed by atoms with van der Waals surface area (Å²) < 4.78 is 0. The van der Waals surface area contributed by atoms with Gasteiger partial charge in [-0.2, -0.15) is 0 Å². The fourth-order valence-electron chi connectivity index (χ4n) is 2.98. The Hall–Kier alpha value is -1.02. The van der Waals surface area contributed by atoms with Crippen LogP contribution < -0.4 is 5.32 Å². The molecule has 0 radical (unpaired) electrons. The van der Waals surface area contributed by atoms with Gasteiger partial charge in [0.05, 0.1) is 0 Å². The zero-order valence-corrected chi connectivity index (χ0v) is 11.9. The van der Waals surface area contributed by atoms with Crippen LogP contribution in [0.15, 0.2) is 24.3 Å². The Morgan fingerprint density at radius 3 is 2.94 bits per heavy atom. The summed E-state index contributed by atoms with van der Waals surface area (Å²) >= 11 is 0. The van der Waals surface area contributed by atoms with Gasteiger partial charge < -0.3 is 5.32 Å². The zero-order chi connectivity index (χ0) is 13.0. The van der Waals surface area contributed by atoms with Crippen LogP contribution in [0.5, 0.6) is 0 Å². The molecular weight excluding hydrogens is 220 g/mol. The third-order valence-corrected chi connectivity index (χ3v) is 3.93. The number of aryl methyl sites for hydroxylation is 1. The Balaban J connectivity index is 1.78. The summed E-state index contributed by atoms with van der Waals surface area (Å²) in [5.74, 6) is 0.784. The van der Waals surface area contributed by atoms with Crippen molar-refractivity contribution >= 4 is 5.69 Å². The van der Waals surface area contributed by atoms with Gasteiger partial charge >= 0.3 is 0 Å². The number of hydrogen-bond acceptors (Lipinski definition) is 2. The minimum absolute atomic E-state index is 0.784. The molecular formula is C16H26N2. The maximum absolute atomic E-state index is 3.53. The third-order valence-electron chi connectivity index (χ3n) is 3.93. The van der Waals surface area contributed by atoms with E-state index in [0.717, 1.165) is 25.0 Å². The van der Waals surface area contributed by atoms with Crippen molar-refractivity contribution in [1.29, 1.82) is 0 Å². The van der Waals surface area contributed by atoms with E-state index < -0.39 is 0 Å². The van der Waals surface area contributed by atoms with Gasteiger partial charge in [-0.25, -0.2) is 0 Å². The quantitative estimate of drug-likeness (QED) is 0.855. The summed E-state index contributed by atoms with van der Waals surface area (Å²) in [5, 5.41) is 3.53. The Labute approximate surface area is 111 Å². The number of nitrogens with zero attached hydrogens (tertiary/aromatic N) is 1. The summed E-state index contributed by atoms with van der Waals surface area (Å²) in [6.07, 6.45) is 2.75. The second-order valence-electron chi connectivity index (χ2n) is 5.79. The number of likely N-dealkylation sites (tertiary alicyclic amines) is 1. The topological polar surface area (TPSA) is 15.3 Å². The van der Waals surface area contributed by atoms with Crippen LogP contribution in [0.1, 0.15) is 32.3 Å². The molecule has 0 aromatic heterocycles. The Kier molecular flexibility index (Phi) is 4.65. The molecule has 2 nitrogen and oxygen atoms in total. The minimum atomic E-state index is 0.784. The molecule has 1 aliphatic heterocycles. The van der Waals surface area contributed by atoms with Crippen LogP contribution in [-0.2, 0) is 0 Å². The van der Waals surface area contributed by atoms with E-state index in [0.29, 0.717) is 0 Å². The highest BCUT2D eigenvalue weighted by atomic mass is 15.2. The number of nitrogens with one attached hydrogen (secondary N) is 1. The molecule has 1 saturated heterocycles. The molecule has 1 fully saturated rings. The summed E-state index contributed by atoms with van der Waals surface area (Å²) in [6.45, 7) is 10.3. The molecule has 0 amide bonds. The van der Waals surface area contributed by atoms with Crippen molar-refractivity contribution in [2.24, 2.45) is 5.92 Å². The van der Waals surface area contributed by atoms with Gasteiger partial charge in [0, 0.05) is 24.8 Å². The summed E-state index contributed by atoms with van der Waals surface area (Å²) in [4.78, 5) is 2.65. The molecule has 100 valence electrons. The van der Waals surface area contributed by atoms with Gasteiger partial charge in [0.25, 0.3) is 0 Å². The highest BCUT2D eigenvalue weighted by Gasteiger charge is 2.26. The molecule has 1 aliphatic rings. The van der Waals surface area contributed by atoms with Crippen molar-refractivity contribution in [3.63, 3.8) is 0 Å². The van der Waals surface area contributed by atoms with Crippen LogP contribution >= 0.6 is 0 Å². The lowest BCUT2D eigenvalue weighted by Gasteiger charge is -2.27. The first-order chi connectivity index (χ1) is 8.66. The summed E-state index contributed by atoms with van der Waals surface area (Å²) in [6, 6.07) is 9.41. The van der Waals surface area contributed by atoms with Gasteiger partial charge in [0.15, 0.2) is 0 Å². The van der Waals surface area contributed by atoms with E-state index in [1.165, 1.54) is 30.6 Å². The molecule has 1 N–H and O–H groups in total. The molecule has 1 heterocycles. The zero-order valence-electron chi connectivity index (χ0n) is 11.9. The lowest BCUT2D eigenvalue weighted by molar-refractivity contribution is 0.214. The van der Waals surface area contributed by atoms with E-state index in [9.17, 15) is 0 Å². The van der Waals surface area contributed by atoms with E-state index in [2.05, 4.69) is 55.3 Å². The molecule has 1 aromatic rings. The van der Waals surface area contributed by atoms with Crippen molar-refractivity contribution in [2.75, 3.05) is 25.0 Å². The maximum Gasteiger partial charge on any atom is 0.0343 e. The van der Waals surface area contributed by atoms with Crippen LogP contribution in [0.3, 0.4) is 0 Å². The number of benzene rings is 1. The Bertz CT molecular complexity index is 373. The molecule has 2 heteroatoms. The average Bonchev–Trinajstić information content (AvgIpc) is 2.77. The van der Waals surface area contributed by atoms with Crippen LogP contribution in [0.4, 0.5) is 5.69 Å². The molecule has 18 heavy (non-hydrogen) atoms. The van der Waals surface area contributed by atoms with Gasteiger partial charge in [-0.15, -0.1) is 0 Å². The van der Waals surface area contributed by atoms with Crippen molar-refractivity contribution in [2.45, 2.75) is 39.7 Å². The highest BCUT2D eigenvalue weighted by Crippen LogP contribution is 2.23.